The summed E-state index contributed by atoms with van der Waals surface area (Å²) >= 11 is 0. The molecule has 10 heteroatoms. The third-order valence-electron chi connectivity index (χ3n) is 3.93. The van der Waals surface area contributed by atoms with Crippen LogP contribution in [0.5, 0.6) is 5.75 Å². The quantitative estimate of drug-likeness (QED) is 0.759. The summed E-state index contributed by atoms with van der Waals surface area (Å²) in [5.74, 6) is 0.575. The third-order valence-corrected chi connectivity index (χ3v) is 5.18. The van der Waals surface area contributed by atoms with Crippen LogP contribution in [0.25, 0.3) is 0 Å². The summed E-state index contributed by atoms with van der Waals surface area (Å²) in [6.07, 6.45) is 1.34. The van der Waals surface area contributed by atoms with Crippen molar-refractivity contribution in [1.82, 2.24) is 14.4 Å². The van der Waals surface area contributed by atoms with Crippen molar-refractivity contribution in [1.29, 1.82) is 0 Å². The van der Waals surface area contributed by atoms with Crippen molar-refractivity contribution in [2.75, 3.05) is 19.9 Å². The monoisotopic (exact) mass is 371 g/mol. The SMILES string of the molecule is CO[C@H]1C[C@H](c2nc(COc3ccc(F)cc3)no2)N(S(C)(=O)=O)C1. The molecule has 8 nitrogen and oxygen atoms in total. The average Bonchev–Trinajstić information content (AvgIpc) is 3.20. The molecule has 1 aromatic heterocycles. The van der Waals surface area contributed by atoms with Gasteiger partial charge in [-0.2, -0.15) is 9.29 Å². The van der Waals surface area contributed by atoms with Gasteiger partial charge in [0, 0.05) is 20.1 Å². The molecule has 3 rings (SSSR count). The molecule has 136 valence electrons. The summed E-state index contributed by atoms with van der Waals surface area (Å²) in [6.45, 7) is 0.262. The number of benzene rings is 1. The van der Waals surface area contributed by atoms with E-state index in [-0.39, 0.29) is 36.8 Å². The molecule has 25 heavy (non-hydrogen) atoms. The van der Waals surface area contributed by atoms with Crippen LogP contribution < -0.4 is 4.74 Å². The van der Waals surface area contributed by atoms with Gasteiger partial charge in [-0.25, -0.2) is 12.8 Å². The Labute approximate surface area is 144 Å². The first-order valence-corrected chi connectivity index (χ1v) is 9.42. The van der Waals surface area contributed by atoms with Gasteiger partial charge in [-0.3, -0.25) is 0 Å². The van der Waals surface area contributed by atoms with Crippen LogP contribution in [0.15, 0.2) is 28.8 Å². The molecule has 2 aromatic rings. The molecule has 0 bridgehead atoms. The number of methoxy groups -OCH3 is 1. The zero-order valence-corrected chi connectivity index (χ0v) is 14.6. The minimum absolute atomic E-state index is 0.0223. The van der Waals surface area contributed by atoms with Gasteiger partial charge in [0.1, 0.15) is 17.6 Å². The summed E-state index contributed by atoms with van der Waals surface area (Å²) in [5, 5.41) is 3.81. The van der Waals surface area contributed by atoms with Gasteiger partial charge < -0.3 is 14.0 Å². The summed E-state index contributed by atoms with van der Waals surface area (Å²) in [7, 11) is -1.90. The average molecular weight is 371 g/mol. The molecular formula is C15H18FN3O5S. The molecular weight excluding hydrogens is 353 g/mol. The second-order valence-corrected chi connectivity index (χ2v) is 7.67. The van der Waals surface area contributed by atoms with Crippen LogP contribution in [-0.4, -0.2) is 48.9 Å². The highest BCUT2D eigenvalue weighted by Crippen LogP contribution is 2.34. The molecule has 1 aromatic carbocycles. The Morgan fingerprint density at radius 3 is 2.72 bits per heavy atom. The number of sulfonamides is 1. The van der Waals surface area contributed by atoms with E-state index >= 15 is 0 Å². The van der Waals surface area contributed by atoms with Crippen molar-refractivity contribution < 1.29 is 26.8 Å². The lowest BCUT2D eigenvalue weighted by atomic mass is 10.2. The van der Waals surface area contributed by atoms with E-state index in [1.807, 2.05) is 0 Å². The van der Waals surface area contributed by atoms with Crippen molar-refractivity contribution in [2.45, 2.75) is 25.2 Å². The number of rotatable bonds is 6. The van der Waals surface area contributed by atoms with Gasteiger partial charge in [-0.15, -0.1) is 0 Å². The number of hydrogen-bond donors (Lipinski definition) is 0. The fraction of sp³-hybridized carbons (Fsp3) is 0.467. The first-order chi connectivity index (χ1) is 11.9. The predicted octanol–water partition coefficient (Wildman–Crippen LogP) is 1.51. The van der Waals surface area contributed by atoms with E-state index in [9.17, 15) is 12.8 Å². The predicted molar refractivity (Wildman–Crippen MR) is 84.7 cm³/mol. The molecule has 1 fully saturated rings. The van der Waals surface area contributed by atoms with Gasteiger partial charge in [-0.05, 0) is 24.3 Å². The summed E-state index contributed by atoms with van der Waals surface area (Å²) in [5.41, 5.74) is 0. The van der Waals surface area contributed by atoms with E-state index in [0.717, 1.165) is 6.26 Å². The Morgan fingerprint density at radius 1 is 1.36 bits per heavy atom. The molecule has 0 spiro atoms. The molecule has 0 aliphatic carbocycles. The lowest BCUT2D eigenvalue weighted by Gasteiger charge is -2.18. The van der Waals surface area contributed by atoms with Gasteiger partial charge in [0.05, 0.1) is 12.4 Å². The molecule has 0 radical (unpaired) electrons. The Bertz CT molecular complexity index is 824. The van der Waals surface area contributed by atoms with Crippen LogP contribution >= 0.6 is 0 Å². The lowest BCUT2D eigenvalue weighted by Crippen LogP contribution is -2.31. The van der Waals surface area contributed by atoms with Crippen LogP contribution in [0.3, 0.4) is 0 Å². The number of halogens is 1. The zero-order chi connectivity index (χ0) is 18.0. The molecule has 2 atom stereocenters. The largest absolute Gasteiger partial charge is 0.485 e. The normalized spacial score (nSPS) is 21.6. The van der Waals surface area contributed by atoms with Crippen molar-refractivity contribution in [2.24, 2.45) is 0 Å². The van der Waals surface area contributed by atoms with Gasteiger partial charge >= 0.3 is 0 Å². The summed E-state index contributed by atoms with van der Waals surface area (Å²) in [6, 6.07) is 4.98. The maximum atomic E-state index is 12.9. The van der Waals surface area contributed by atoms with Crippen LogP contribution in [0, 0.1) is 5.82 Å². The van der Waals surface area contributed by atoms with Crippen LogP contribution in [-0.2, 0) is 21.4 Å². The number of hydrogen-bond acceptors (Lipinski definition) is 7. The number of aromatic nitrogens is 2. The van der Waals surface area contributed by atoms with Gasteiger partial charge in [0.25, 0.3) is 0 Å². The maximum absolute atomic E-state index is 12.9. The van der Waals surface area contributed by atoms with Crippen molar-refractivity contribution in [3.05, 3.63) is 41.8 Å². The fourth-order valence-corrected chi connectivity index (χ4v) is 3.75. The second kappa shape index (κ2) is 7.06. The van der Waals surface area contributed by atoms with Crippen LogP contribution in [0.4, 0.5) is 4.39 Å². The van der Waals surface area contributed by atoms with Crippen LogP contribution in [0.2, 0.25) is 0 Å². The molecule has 1 saturated heterocycles. The topological polar surface area (TPSA) is 94.8 Å². The van der Waals surface area contributed by atoms with E-state index in [1.165, 1.54) is 35.7 Å². The number of ether oxygens (including phenoxy) is 2. The zero-order valence-electron chi connectivity index (χ0n) is 13.8. The molecule has 0 saturated carbocycles. The highest BCUT2D eigenvalue weighted by Gasteiger charge is 2.41. The fourth-order valence-electron chi connectivity index (χ4n) is 2.67. The standard InChI is InChI=1S/C15H18FN3O5S/c1-22-12-7-13(19(8-12)25(2,20)21)15-17-14(18-24-15)9-23-11-5-3-10(16)4-6-11/h3-6,12-13H,7-9H2,1-2H3/t12-,13+/m0/s1. The first kappa shape index (κ1) is 17.8. The second-order valence-electron chi connectivity index (χ2n) is 5.73. The van der Waals surface area contributed by atoms with E-state index in [2.05, 4.69) is 10.1 Å². The third kappa shape index (κ3) is 4.14. The molecule has 1 aliphatic heterocycles. The van der Waals surface area contributed by atoms with Crippen molar-refractivity contribution >= 4 is 10.0 Å². The Kier molecular flexibility index (Phi) is 5.02. The minimum Gasteiger partial charge on any atom is -0.485 e. The van der Waals surface area contributed by atoms with Gasteiger partial charge in [0.2, 0.25) is 21.7 Å². The number of nitrogens with zero attached hydrogens (tertiary/aromatic N) is 3. The Morgan fingerprint density at radius 2 is 2.08 bits per heavy atom. The van der Waals surface area contributed by atoms with E-state index in [1.54, 1.807) is 0 Å². The molecule has 0 N–H and O–H groups in total. The summed E-state index contributed by atoms with van der Waals surface area (Å²) < 4.78 is 54.0. The van der Waals surface area contributed by atoms with E-state index in [0.29, 0.717) is 12.2 Å². The van der Waals surface area contributed by atoms with E-state index in [4.69, 9.17) is 14.0 Å². The van der Waals surface area contributed by atoms with Gasteiger partial charge in [-0.1, -0.05) is 5.16 Å². The lowest BCUT2D eigenvalue weighted by molar-refractivity contribution is 0.114. The molecule has 0 amide bonds. The van der Waals surface area contributed by atoms with Crippen LogP contribution in [0.1, 0.15) is 24.2 Å². The molecule has 0 unspecified atom stereocenters. The molecule has 2 heterocycles. The highest BCUT2D eigenvalue weighted by atomic mass is 32.2. The smallest absolute Gasteiger partial charge is 0.245 e. The van der Waals surface area contributed by atoms with E-state index < -0.39 is 16.1 Å². The Hall–Kier alpha value is -2.04. The van der Waals surface area contributed by atoms with Crippen molar-refractivity contribution in [3.8, 4) is 5.75 Å². The molecule has 1 aliphatic rings. The Balaban J connectivity index is 1.70. The maximum Gasteiger partial charge on any atom is 0.245 e. The first-order valence-electron chi connectivity index (χ1n) is 7.57. The van der Waals surface area contributed by atoms with Gasteiger partial charge in [0.15, 0.2) is 6.61 Å². The highest BCUT2D eigenvalue weighted by molar-refractivity contribution is 7.88. The minimum atomic E-state index is -3.43. The van der Waals surface area contributed by atoms with Crippen molar-refractivity contribution in [3.63, 3.8) is 0 Å². The summed E-state index contributed by atoms with van der Waals surface area (Å²) in [4.78, 5) is 4.22.